The van der Waals surface area contributed by atoms with Crippen molar-refractivity contribution in [1.82, 2.24) is 4.90 Å². The van der Waals surface area contributed by atoms with Crippen LogP contribution in [0, 0.1) is 5.82 Å². The van der Waals surface area contributed by atoms with Crippen molar-refractivity contribution in [2.24, 2.45) is 0 Å². The third-order valence-corrected chi connectivity index (χ3v) is 4.01. The van der Waals surface area contributed by atoms with E-state index in [4.69, 9.17) is 5.11 Å². The number of piperidine rings is 1. The molecule has 1 aliphatic heterocycles. The molecule has 1 aliphatic rings. The zero-order chi connectivity index (χ0) is 14.0. The van der Waals surface area contributed by atoms with Crippen LogP contribution in [0.4, 0.5) is 4.39 Å². The van der Waals surface area contributed by atoms with Crippen molar-refractivity contribution < 1.29 is 14.3 Å². The van der Waals surface area contributed by atoms with Gasteiger partial charge in [-0.15, -0.1) is 0 Å². The quantitative estimate of drug-likeness (QED) is 0.911. The molecule has 2 rings (SSSR count). The van der Waals surface area contributed by atoms with E-state index in [1.165, 1.54) is 31.4 Å². The second kappa shape index (κ2) is 5.70. The summed E-state index contributed by atoms with van der Waals surface area (Å²) in [6.45, 7) is 5.06. The lowest BCUT2D eigenvalue weighted by molar-refractivity contribution is 0.0691. The average molecular weight is 265 g/mol. The molecule has 0 aliphatic carbocycles. The van der Waals surface area contributed by atoms with Gasteiger partial charge in [-0.05, 0) is 44.4 Å². The van der Waals surface area contributed by atoms with E-state index in [1.807, 2.05) is 0 Å². The molecule has 0 spiro atoms. The molecule has 1 saturated heterocycles. The highest BCUT2D eigenvalue weighted by molar-refractivity contribution is 5.87. The lowest BCUT2D eigenvalue weighted by atomic mass is 9.96. The van der Waals surface area contributed by atoms with Crippen LogP contribution in [-0.2, 0) is 6.54 Å². The molecule has 0 saturated carbocycles. The van der Waals surface area contributed by atoms with Gasteiger partial charge >= 0.3 is 5.97 Å². The highest BCUT2D eigenvalue weighted by Gasteiger charge is 2.24. The molecule has 0 radical (unpaired) electrons. The third-order valence-electron chi connectivity index (χ3n) is 4.01. The van der Waals surface area contributed by atoms with Gasteiger partial charge in [-0.25, -0.2) is 9.18 Å². The molecule has 19 heavy (non-hydrogen) atoms. The monoisotopic (exact) mass is 265 g/mol. The average Bonchev–Trinajstić information content (AvgIpc) is 2.33. The minimum atomic E-state index is -1.22. The van der Waals surface area contributed by atoms with Gasteiger partial charge in [-0.1, -0.05) is 12.5 Å². The Labute approximate surface area is 113 Å². The summed E-state index contributed by atoms with van der Waals surface area (Å²) in [4.78, 5) is 13.1. The molecule has 1 heterocycles. The summed E-state index contributed by atoms with van der Waals surface area (Å²) in [5.41, 5.74) is 0.576. The molecule has 1 N–H and O–H groups in total. The van der Waals surface area contributed by atoms with Gasteiger partial charge in [0, 0.05) is 18.6 Å². The summed E-state index contributed by atoms with van der Waals surface area (Å²) in [5, 5.41) is 8.81. The number of halogens is 1. The second-order valence-corrected chi connectivity index (χ2v) is 5.42. The van der Waals surface area contributed by atoms with Crippen LogP contribution in [0.1, 0.15) is 49.0 Å². The van der Waals surface area contributed by atoms with Crippen LogP contribution < -0.4 is 0 Å². The first-order chi connectivity index (χ1) is 8.99. The smallest absolute Gasteiger partial charge is 0.338 e. The molecule has 1 fully saturated rings. The van der Waals surface area contributed by atoms with Crippen LogP contribution >= 0.6 is 0 Å². The number of hydrogen-bond acceptors (Lipinski definition) is 2. The normalized spacial score (nSPS) is 24.4. The van der Waals surface area contributed by atoms with Crippen LogP contribution in [0.2, 0.25) is 0 Å². The van der Waals surface area contributed by atoms with Gasteiger partial charge in [-0.3, -0.25) is 4.90 Å². The lowest BCUT2D eigenvalue weighted by Crippen LogP contribution is -2.42. The first-order valence-corrected chi connectivity index (χ1v) is 6.76. The number of nitrogens with zero attached hydrogens (tertiary/aromatic N) is 1. The third kappa shape index (κ3) is 3.13. The Balaban J connectivity index is 2.14. The molecule has 1 aromatic carbocycles. The molecule has 104 valence electrons. The summed E-state index contributed by atoms with van der Waals surface area (Å²) in [6.07, 6.45) is 3.57. The fraction of sp³-hybridized carbons (Fsp3) is 0.533. The molecular formula is C15H20FNO2. The topological polar surface area (TPSA) is 40.5 Å². The molecule has 0 amide bonds. The van der Waals surface area contributed by atoms with Crippen molar-refractivity contribution in [2.45, 2.75) is 51.7 Å². The van der Waals surface area contributed by atoms with Gasteiger partial charge < -0.3 is 5.11 Å². The van der Waals surface area contributed by atoms with Gasteiger partial charge in [0.05, 0.1) is 5.56 Å². The SMILES string of the molecule is CC1CCCC(C)N1Cc1ccc(C(=O)O)c(F)c1. The van der Waals surface area contributed by atoms with Crippen molar-refractivity contribution in [3.63, 3.8) is 0 Å². The fourth-order valence-electron chi connectivity index (χ4n) is 2.83. The van der Waals surface area contributed by atoms with E-state index in [1.54, 1.807) is 6.07 Å². The van der Waals surface area contributed by atoms with E-state index in [0.717, 1.165) is 5.56 Å². The maximum atomic E-state index is 13.7. The second-order valence-electron chi connectivity index (χ2n) is 5.42. The molecule has 3 nitrogen and oxygen atoms in total. The van der Waals surface area contributed by atoms with Crippen molar-refractivity contribution in [3.8, 4) is 0 Å². The number of benzene rings is 1. The maximum Gasteiger partial charge on any atom is 0.338 e. The number of carboxylic acids is 1. The molecule has 2 unspecified atom stereocenters. The van der Waals surface area contributed by atoms with Gasteiger partial charge in [-0.2, -0.15) is 0 Å². The van der Waals surface area contributed by atoms with Crippen LogP contribution in [0.15, 0.2) is 18.2 Å². The Bertz CT molecular complexity index is 465. The van der Waals surface area contributed by atoms with E-state index in [0.29, 0.717) is 18.6 Å². The first kappa shape index (κ1) is 14.0. The highest BCUT2D eigenvalue weighted by Crippen LogP contribution is 2.25. The van der Waals surface area contributed by atoms with Gasteiger partial charge in [0.15, 0.2) is 0 Å². The molecule has 0 bridgehead atoms. The summed E-state index contributed by atoms with van der Waals surface area (Å²) in [5.74, 6) is -1.87. The van der Waals surface area contributed by atoms with Crippen molar-refractivity contribution in [2.75, 3.05) is 0 Å². The molecular weight excluding hydrogens is 245 g/mol. The minimum absolute atomic E-state index is 0.261. The van der Waals surface area contributed by atoms with E-state index >= 15 is 0 Å². The maximum absolute atomic E-state index is 13.7. The van der Waals surface area contributed by atoms with Crippen LogP contribution in [0.5, 0.6) is 0 Å². The molecule has 2 atom stereocenters. The Morgan fingerprint density at radius 3 is 2.53 bits per heavy atom. The zero-order valence-corrected chi connectivity index (χ0v) is 11.4. The summed E-state index contributed by atoms with van der Waals surface area (Å²) in [7, 11) is 0. The van der Waals surface area contributed by atoms with Gasteiger partial charge in [0.1, 0.15) is 5.82 Å². The van der Waals surface area contributed by atoms with Crippen LogP contribution in [0.3, 0.4) is 0 Å². The van der Waals surface area contributed by atoms with Crippen molar-refractivity contribution >= 4 is 5.97 Å². The largest absolute Gasteiger partial charge is 0.478 e. The van der Waals surface area contributed by atoms with E-state index in [9.17, 15) is 9.18 Å². The number of likely N-dealkylation sites (tertiary alicyclic amines) is 1. The van der Waals surface area contributed by atoms with Crippen molar-refractivity contribution in [3.05, 3.63) is 35.1 Å². The first-order valence-electron chi connectivity index (χ1n) is 6.76. The predicted molar refractivity (Wildman–Crippen MR) is 71.7 cm³/mol. The summed E-state index contributed by atoms with van der Waals surface area (Å²) >= 11 is 0. The van der Waals surface area contributed by atoms with E-state index in [-0.39, 0.29) is 5.56 Å². The predicted octanol–water partition coefficient (Wildman–Crippen LogP) is 3.29. The molecule has 0 aromatic heterocycles. The number of carboxylic acid groups (broad SMARTS) is 1. The van der Waals surface area contributed by atoms with Crippen LogP contribution in [-0.4, -0.2) is 28.1 Å². The van der Waals surface area contributed by atoms with Gasteiger partial charge in [0.2, 0.25) is 0 Å². The molecule has 1 aromatic rings. The fourth-order valence-corrected chi connectivity index (χ4v) is 2.83. The Morgan fingerprint density at radius 2 is 2.00 bits per heavy atom. The van der Waals surface area contributed by atoms with Gasteiger partial charge in [0.25, 0.3) is 0 Å². The Hall–Kier alpha value is -1.42. The minimum Gasteiger partial charge on any atom is -0.478 e. The summed E-state index contributed by atoms with van der Waals surface area (Å²) in [6, 6.07) is 5.39. The Morgan fingerprint density at radius 1 is 1.37 bits per heavy atom. The van der Waals surface area contributed by atoms with Crippen LogP contribution in [0.25, 0.3) is 0 Å². The van der Waals surface area contributed by atoms with Crippen molar-refractivity contribution in [1.29, 1.82) is 0 Å². The number of hydrogen-bond donors (Lipinski definition) is 1. The standard InChI is InChI=1S/C15H20FNO2/c1-10-4-3-5-11(2)17(10)9-12-6-7-13(15(18)19)14(16)8-12/h6-8,10-11H,3-5,9H2,1-2H3,(H,18,19). The lowest BCUT2D eigenvalue weighted by Gasteiger charge is -2.39. The number of rotatable bonds is 3. The van der Waals surface area contributed by atoms with E-state index in [2.05, 4.69) is 18.7 Å². The Kier molecular flexibility index (Phi) is 4.20. The van der Waals surface area contributed by atoms with E-state index < -0.39 is 11.8 Å². The molecule has 4 heteroatoms. The number of aromatic carboxylic acids is 1. The summed E-state index contributed by atoms with van der Waals surface area (Å²) < 4.78 is 13.7. The highest BCUT2D eigenvalue weighted by atomic mass is 19.1. The number of carbonyl (C=O) groups is 1. The zero-order valence-electron chi connectivity index (χ0n) is 11.4.